The molecule has 0 bridgehead atoms. The number of Topliss-reactive ketones (excluding diaryl/α,β-unsaturated/α-hetero) is 1. The van der Waals surface area contributed by atoms with Crippen LogP contribution in [0.4, 0.5) is 17.1 Å². The summed E-state index contributed by atoms with van der Waals surface area (Å²) in [6, 6.07) is 9.77. The van der Waals surface area contributed by atoms with Crippen molar-refractivity contribution in [2.75, 3.05) is 5.32 Å². The molecule has 1 fully saturated rings. The molecular formula is C19H18N2O5. The van der Waals surface area contributed by atoms with E-state index < -0.39 is 10.7 Å². The Morgan fingerprint density at radius 1 is 1.12 bits per heavy atom. The molecule has 134 valence electrons. The average Bonchev–Trinajstić information content (AvgIpc) is 3.20. The van der Waals surface area contributed by atoms with Crippen LogP contribution in [0.25, 0.3) is 0 Å². The Hall–Kier alpha value is -3.09. The number of benzene rings is 2. The Labute approximate surface area is 150 Å². The molecule has 0 unspecified atom stereocenters. The summed E-state index contributed by atoms with van der Waals surface area (Å²) in [7, 11) is 0. The number of carbonyl (C=O) groups is 1. The van der Waals surface area contributed by atoms with Crippen LogP contribution in [0, 0.1) is 10.1 Å². The highest BCUT2D eigenvalue weighted by molar-refractivity contribution is 5.95. The SMILES string of the molecule is CC(=O)c1ccc(Nc2ccc3c(c2)OC2(CCCC2)O3)c([N+](=O)[O-])c1. The third-order valence-electron chi connectivity index (χ3n) is 4.78. The van der Waals surface area contributed by atoms with Crippen LogP contribution in [0.5, 0.6) is 11.5 Å². The second-order valence-corrected chi connectivity index (χ2v) is 6.65. The van der Waals surface area contributed by atoms with Gasteiger partial charge < -0.3 is 14.8 Å². The van der Waals surface area contributed by atoms with Crippen LogP contribution >= 0.6 is 0 Å². The Morgan fingerprint density at radius 3 is 2.54 bits per heavy atom. The average molecular weight is 354 g/mol. The van der Waals surface area contributed by atoms with Gasteiger partial charge in [0.05, 0.1) is 4.92 Å². The van der Waals surface area contributed by atoms with Gasteiger partial charge in [0.25, 0.3) is 11.5 Å². The standard InChI is InChI=1S/C19H18N2O5/c1-12(22)13-4-6-15(16(10-13)21(23)24)20-14-5-7-17-18(11-14)26-19(25-17)8-2-3-9-19/h4-7,10-11,20H,2-3,8-9H2,1H3. The van der Waals surface area contributed by atoms with E-state index in [1.807, 2.05) is 0 Å². The van der Waals surface area contributed by atoms with Crippen molar-refractivity contribution in [3.05, 3.63) is 52.1 Å². The maximum Gasteiger partial charge on any atom is 0.293 e. The number of ketones is 1. The molecule has 1 aliphatic heterocycles. The van der Waals surface area contributed by atoms with E-state index >= 15 is 0 Å². The molecule has 4 rings (SSSR count). The lowest BCUT2D eigenvalue weighted by Gasteiger charge is -2.21. The van der Waals surface area contributed by atoms with Crippen molar-refractivity contribution in [3.8, 4) is 11.5 Å². The summed E-state index contributed by atoms with van der Waals surface area (Å²) in [5, 5.41) is 14.4. The van der Waals surface area contributed by atoms with Gasteiger partial charge in [0.2, 0.25) is 0 Å². The number of nitro benzene ring substituents is 1. The van der Waals surface area contributed by atoms with Crippen LogP contribution in [0.2, 0.25) is 0 Å². The summed E-state index contributed by atoms with van der Waals surface area (Å²) in [5.74, 6) is 0.569. The van der Waals surface area contributed by atoms with Crippen LogP contribution < -0.4 is 14.8 Å². The number of carbonyl (C=O) groups excluding carboxylic acids is 1. The number of nitrogens with zero attached hydrogens (tertiary/aromatic N) is 1. The zero-order valence-electron chi connectivity index (χ0n) is 14.3. The molecule has 1 aliphatic carbocycles. The van der Waals surface area contributed by atoms with Gasteiger partial charge in [0.1, 0.15) is 5.69 Å². The fourth-order valence-corrected chi connectivity index (χ4v) is 3.45. The highest BCUT2D eigenvalue weighted by Crippen LogP contribution is 2.47. The topological polar surface area (TPSA) is 90.7 Å². The predicted octanol–water partition coefficient (Wildman–Crippen LogP) is 4.58. The zero-order valence-corrected chi connectivity index (χ0v) is 14.3. The lowest BCUT2D eigenvalue weighted by molar-refractivity contribution is -0.383. The van der Waals surface area contributed by atoms with Gasteiger partial charge in [0, 0.05) is 36.2 Å². The lowest BCUT2D eigenvalue weighted by atomic mass is 10.1. The number of nitro groups is 1. The Bertz CT molecular complexity index is 903. The molecule has 26 heavy (non-hydrogen) atoms. The van der Waals surface area contributed by atoms with Gasteiger partial charge >= 0.3 is 0 Å². The zero-order chi connectivity index (χ0) is 18.3. The number of hydrogen-bond donors (Lipinski definition) is 1. The minimum atomic E-state index is -0.546. The van der Waals surface area contributed by atoms with Crippen molar-refractivity contribution in [3.63, 3.8) is 0 Å². The maximum absolute atomic E-state index is 11.5. The van der Waals surface area contributed by atoms with Gasteiger partial charge in [-0.1, -0.05) is 0 Å². The first kappa shape index (κ1) is 16.4. The summed E-state index contributed by atoms with van der Waals surface area (Å²) >= 11 is 0. The second-order valence-electron chi connectivity index (χ2n) is 6.65. The molecule has 7 nitrogen and oxygen atoms in total. The maximum atomic E-state index is 11.5. The van der Waals surface area contributed by atoms with E-state index in [2.05, 4.69) is 5.32 Å². The monoisotopic (exact) mass is 354 g/mol. The third kappa shape index (κ3) is 2.85. The molecule has 2 aromatic rings. The van der Waals surface area contributed by atoms with Crippen molar-refractivity contribution >= 4 is 22.8 Å². The summed E-state index contributed by atoms with van der Waals surface area (Å²) < 4.78 is 12.0. The van der Waals surface area contributed by atoms with Gasteiger partial charge in [0.15, 0.2) is 17.3 Å². The van der Waals surface area contributed by atoms with Crippen LogP contribution in [-0.2, 0) is 0 Å². The molecular weight excluding hydrogens is 336 g/mol. The number of rotatable bonds is 4. The van der Waals surface area contributed by atoms with Crippen molar-refractivity contribution in [2.45, 2.75) is 38.4 Å². The van der Waals surface area contributed by atoms with E-state index in [0.717, 1.165) is 25.7 Å². The number of fused-ring (bicyclic) bond motifs is 1. The van der Waals surface area contributed by atoms with E-state index in [1.165, 1.54) is 19.1 Å². The smallest absolute Gasteiger partial charge is 0.293 e. The molecule has 1 heterocycles. The van der Waals surface area contributed by atoms with E-state index in [0.29, 0.717) is 28.4 Å². The lowest BCUT2D eigenvalue weighted by Crippen LogP contribution is -2.34. The summed E-state index contributed by atoms with van der Waals surface area (Å²) in [5.41, 5.74) is 1.12. The van der Waals surface area contributed by atoms with Crippen LogP contribution in [0.15, 0.2) is 36.4 Å². The molecule has 0 radical (unpaired) electrons. The minimum absolute atomic E-state index is 0.150. The molecule has 1 N–H and O–H groups in total. The molecule has 0 amide bonds. The Kier molecular flexibility index (Phi) is 3.79. The van der Waals surface area contributed by atoms with Crippen molar-refractivity contribution in [1.29, 1.82) is 0 Å². The fourth-order valence-electron chi connectivity index (χ4n) is 3.45. The van der Waals surface area contributed by atoms with Gasteiger partial charge in [-0.05, 0) is 44.0 Å². The highest BCUT2D eigenvalue weighted by Gasteiger charge is 2.44. The molecule has 0 saturated heterocycles. The minimum Gasteiger partial charge on any atom is -0.448 e. The van der Waals surface area contributed by atoms with Crippen LogP contribution in [-0.4, -0.2) is 16.5 Å². The van der Waals surface area contributed by atoms with E-state index in [4.69, 9.17) is 9.47 Å². The molecule has 2 aliphatic rings. The van der Waals surface area contributed by atoms with E-state index in [1.54, 1.807) is 24.3 Å². The molecule has 1 saturated carbocycles. The summed E-state index contributed by atoms with van der Waals surface area (Å²) in [4.78, 5) is 22.3. The van der Waals surface area contributed by atoms with Crippen molar-refractivity contribution in [2.24, 2.45) is 0 Å². The Balaban J connectivity index is 1.61. The number of nitrogens with one attached hydrogen (secondary N) is 1. The van der Waals surface area contributed by atoms with Crippen molar-refractivity contribution < 1.29 is 19.2 Å². The van der Waals surface area contributed by atoms with Gasteiger partial charge in [-0.25, -0.2) is 0 Å². The number of anilines is 2. The van der Waals surface area contributed by atoms with E-state index in [-0.39, 0.29) is 11.5 Å². The van der Waals surface area contributed by atoms with Crippen LogP contribution in [0.1, 0.15) is 43.0 Å². The largest absolute Gasteiger partial charge is 0.448 e. The molecule has 1 spiro atoms. The molecule has 2 aromatic carbocycles. The molecule has 7 heteroatoms. The van der Waals surface area contributed by atoms with Crippen molar-refractivity contribution in [1.82, 2.24) is 0 Å². The van der Waals surface area contributed by atoms with Crippen LogP contribution in [0.3, 0.4) is 0 Å². The highest BCUT2D eigenvalue weighted by atomic mass is 16.7. The number of ether oxygens (including phenoxy) is 2. The summed E-state index contributed by atoms with van der Waals surface area (Å²) in [6.45, 7) is 1.38. The first-order chi connectivity index (χ1) is 12.5. The fraction of sp³-hybridized carbons (Fsp3) is 0.316. The summed E-state index contributed by atoms with van der Waals surface area (Å²) in [6.07, 6.45) is 3.88. The quantitative estimate of drug-likeness (QED) is 0.491. The number of hydrogen-bond acceptors (Lipinski definition) is 6. The first-order valence-electron chi connectivity index (χ1n) is 8.54. The predicted molar refractivity (Wildman–Crippen MR) is 95.3 cm³/mol. The Morgan fingerprint density at radius 2 is 1.85 bits per heavy atom. The van der Waals surface area contributed by atoms with Gasteiger partial charge in [-0.3, -0.25) is 14.9 Å². The third-order valence-corrected chi connectivity index (χ3v) is 4.78. The normalized spacial score (nSPS) is 16.7. The van der Waals surface area contributed by atoms with E-state index in [9.17, 15) is 14.9 Å². The molecule has 0 aromatic heterocycles. The second kappa shape index (κ2) is 6.01. The first-order valence-corrected chi connectivity index (χ1v) is 8.54. The van der Waals surface area contributed by atoms with Gasteiger partial charge in [-0.15, -0.1) is 0 Å². The van der Waals surface area contributed by atoms with Gasteiger partial charge in [-0.2, -0.15) is 0 Å². The molecule has 0 atom stereocenters.